The van der Waals surface area contributed by atoms with E-state index in [1.165, 1.54) is 64.6 Å². The minimum Gasteiger partial charge on any atom is -0.454 e. The Labute approximate surface area is 823 Å². The Balaban J connectivity index is 0.000000105. The molecule has 672 valence electrons. The van der Waals surface area contributed by atoms with Crippen molar-refractivity contribution in [2.75, 3.05) is 0 Å². The van der Waals surface area contributed by atoms with Crippen LogP contribution in [0.1, 0.15) is 0 Å². The Kier molecular flexibility index (Phi) is 19.6. The van der Waals surface area contributed by atoms with Crippen LogP contribution < -0.4 is 0 Å². The Morgan fingerprint density at radius 3 is 0.736 bits per heavy atom. The second-order valence-electron chi connectivity index (χ2n) is 36.2. The van der Waals surface area contributed by atoms with Crippen molar-refractivity contribution in [2.24, 2.45) is 0 Å². The van der Waals surface area contributed by atoms with Gasteiger partial charge in [-0.3, -0.25) is 9.97 Å². The van der Waals surface area contributed by atoms with Crippen LogP contribution in [0, 0.1) is 0 Å². The predicted molar refractivity (Wildman–Crippen MR) is 588 cm³/mol. The van der Waals surface area contributed by atoms with Gasteiger partial charge in [0.2, 0.25) is 0 Å². The van der Waals surface area contributed by atoms with Crippen LogP contribution in [0.2, 0.25) is 0 Å². The first kappa shape index (κ1) is 82.6. The number of nitrogens with zero attached hydrogens (tertiary/aromatic N) is 11. The van der Waals surface area contributed by atoms with Gasteiger partial charge < -0.3 is 27.0 Å². The zero-order valence-corrected chi connectivity index (χ0v) is 77.3. The zero-order chi connectivity index (χ0) is 94.8. The van der Waals surface area contributed by atoms with Crippen molar-refractivity contribution < 1.29 is 13.3 Å². The molecule has 0 amide bonds. The van der Waals surface area contributed by atoms with Gasteiger partial charge in [-0.1, -0.05) is 328 Å². The average Bonchev–Trinajstić information content (AvgIpc) is 1.54. The van der Waals surface area contributed by atoms with E-state index in [4.69, 9.17) is 43.2 Å². The summed E-state index contributed by atoms with van der Waals surface area (Å²) >= 11 is 0. The quantitative estimate of drug-likeness (QED) is 0.115. The monoisotopic (exact) mass is 1840 g/mol. The van der Waals surface area contributed by atoms with Gasteiger partial charge in [0.05, 0.1) is 67.3 Å². The lowest BCUT2D eigenvalue weighted by atomic mass is 9.99. The van der Waals surface area contributed by atoms with Gasteiger partial charge in [0.25, 0.3) is 0 Å². The molecule has 19 aromatic carbocycles. The molecule has 0 N–H and O–H groups in total. The van der Waals surface area contributed by atoms with E-state index < -0.39 is 0 Å². The topological polar surface area (TPSA) is 157 Å². The molecule has 144 heavy (non-hydrogen) atoms. The van der Waals surface area contributed by atoms with E-state index in [2.05, 4.69) is 339 Å². The smallest absolute Gasteiger partial charge is 0.164 e. The first-order valence-corrected chi connectivity index (χ1v) is 48.2. The molecule has 0 bridgehead atoms. The minimum absolute atomic E-state index is 0.627. The first-order valence-electron chi connectivity index (χ1n) is 48.2. The van der Waals surface area contributed by atoms with Crippen LogP contribution in [-0.2, 0) is 0 Å². The van der Waals surface area contributed by atoms with Crippen molar-refractivity contribution in [1.82, 2.24) is 53.6 Å². The van der Waals surface area contributed by atoms with Gasteiger partial charge in [-0.05, 0) is 183 Å². The number of aromatic nitrogens is 11. The molecule has 0 aliphatic carbocycles. The molecule has 0 spiro atoms. The largest absolute Gasteiger partial charge is 0.454 e. The fourth-order valence-corrected chi connectivity index (χ4v) is 21.5. The van der Waals surface area contributed by atoms with Crippen LogP contribution >= 0.6 is 0 Å². The average molecular weight is 1840 g/mol. The van der Waals surface area contributed by atoms with Crippen molar-refractivity contribution in [1.29, 1.82) is 0 Å². The van der Waals surface area contributed by atoms with Crippen molar-refractivity contribution >= 4 is 164 Å². The molecule has 30 rings (SSSR count). The summed E-state index contributed by atoms with van der Waals surface area (Å²) in [6.45, 7) is 0. The van der Waals surface area contributed by atoms with Crippen LogP contribution in [0.3, 0.4) is 0 Å². The van der Waals surface area contributed by atoms with Crippen molar-refractivity contribution in [2.45, 2.75) is 0 Å². The third kappa shape index (κ3) is 13.8. The molecule has 0 saturated heterocycles. The predicted octanol–water partition coefficient (Wildman–Crippen LogP) is 33.7. The highest BCUT2D eigenvalue weighted by molar-refractivity contribution is 6.38. The number of pyridine rings is 3. The summed E-state index contributed by atoms with van der Waals surface area (Å²) in [5.74, 6) is 2.60. The van der Waals surface area contributed by atoms with Gasteiger partial charge in [-0.25, -0.2) is 29.9 Å². The summed E-state index contributed by atoms with van der Waals surface area (Å²) in [4.78, 5) is 39.0. The Morgan fingerprint density at radius 1 is 0.160 bits per heavy atom. The highest BCUT2D eigenvalue weighted by Gasteiger charge is 2.29. The van der Waals surface area contributed by atoms with E-state index in [0.717, 1.165) is 195 Å². The Hall–Kier alpha value is -19.7. The van der Waals surface area contributed by atoms with E-state index >= 15 is 0 Å². The lowest BCUT2D eigenvalue weighted by Gasteiger charge is -2.12. The summed E-state index contributed by atoms with van der Waals surface area (Å²) in [6.07, 6.45) is 3.60. The highest BCUT2D eigenvalue weighted by atomic mass is 16.3. The molecule has 0 aliphatic rings. The minimum atomic E-state index is 0.627. The summed E-state index contributed by atoms with van der Waals surface area (Å²) in [7, 11) is 0. The lowest BCUT2D eigenvalue weighted by Crippen LogP contribution is -2.00. The molecular formula is C130H79N11O3. The molecule has 30 aromatic rings. The van der Waals surface area contributed by atoms with E-state index in [1.54, 1.807) is 12.4 Å². The van der Waals surface area contributed by atoms with Gasteiger partial charge in [0.1, 0.15) is 16.7 Å². The van der Waals surface area contributed by atoms with Crippen LogP contribution in [-0.4, -0.2) is 53.6 Å². The third-order valence-electron chi connectivity index (χ3n) is 27.9. The Morgan fingerprint density at radius 2 is 0.417 bits per heavy atom. The van der Waals surface area contributed by atoms with Crippen LogP contribution in [0.25, 0.3) is 283 Å². The maximum absolute atomic E-state index is 6.73. The molecule has 0 unspecified atom stereocenters. The van der Waals surface area contributed by atoms with Gasteiger partial charge >= 0.3 is 0 Å². The number of fused-ring (bicyclic) bond motifs is 30. The molecule has 11 heterocycles. The maximum atomic E-state index is 6.73. The van der Waals surface area contributed by atoms with Gasteiger partial charge in [-0.2, -0.15) is 0 Å². The van der Waals surface area contributed by atoms with Gasteiger partial charge in [0, 0.05) is 127 Å². The Bertz CT molecular complexity index is 9210. The fourth-order valence-electron chi connectivity index (χ4n) is 21.5. The fraction of sp³-hybridized carbons (Fsp3) is 0. The number of hydrogen-bond donors (Lipinski definition) is 0. The van der Waals surface area contributed by atoms with Crippen LogP contribution in [0.5, 0.6) is 0 Å². The van der Waals surface area contributed by atoms with Crippen molar-refractivity contribution in [3.8, 4) is 119 Å². The standard InChI is InChI=1S/C44H27N3O.2C43H26N4O/c1-3-13-28(14-4-1)36-27-37(29-15-5-2-6-16-29)46-44(45-36)30-23-25-31(26-24-30)47-38-21-11-9-19-34(38)40-32-17-7-8-18-33(32)41-35-20-10-12-22-39(35)48-43(41)42(40)47;1-3-13-27(14-4-1)41-44-42(28-15-5-2-6-16-28)46-43(45-41)29-23-25-30(26-24-29)47-35-21-11-9-19-33(35)37-31-17-7-8-18-32(31)38-34-20-10-12-22-36(34)48-40(38)39(37)47;1-2-12-31-30(11-1)40-32-13-3-5-17-38(32)47(42(40)43-41(31)33-14-4-6-18-39(33)48-43)29-21-19-27(20-22-29)28-25-36(34-15-7-9-23-44-34)46-37(26-28)35-16-8-10-24-45-35/h1-27H;2*1-26H. The first-order chi connectivity index (χ1) is 71.4. The van der Waals surface area contributed by atoms with Crippen molar-refractivity contribution in [3.63, 3.8) is 0 Å². The van der Waals surface area contributed by atoms with E-state index in [-0.39, 0.29) is 0 Å². The van der Waals surface area contributed by atoms with Crippen LogP contribution in [0.4, 0.5) is 0 Å². The second kappa shape index (κ2) is 34.2. The zero-order valence-electron chi connectivity index (χ0n) is 77.3. The van der Waals surface area contributed by atoms with Crippen LogP contribution in [0.15, 0.2) is 493 Å². The number of para-hydroxylation sites is 6. The summed E-state index contributed by atoms with van der Waals surface area (Å²) < 4.78 is 27.2. The SMILES string of the molecule is c1ccc(-c2cc(-c3ccc(-n4c5ccccc5c5c6ccccc6c6c7ccccc7oc6c54)cc3)cc(-c3ccccn3)n2)nc1.c1ccc(-c2cc(-c3ccccc3)nc(-c3ccc(-n4c5ccccc5c5c6ccccc6c6c7ccccc7oc6c54)cc3)n2)cc1.c1ccc(-c2nc(-c3ccccc3)nc(-c3ccc(-n4c5ccccc5c5c6ccccc6c6c7ccccc7oc6c54)cc3)n2)cc1. The number of rotatable bonds is 12. The summed E-state index contributed by atoms with van der Waals surface area (Å²) in [6, 6.07) is 162. The summed E-state index contributed by atoms with van der Waals surface area (Å²) in [5, 5.41) is 21.2. The molecule has 0 saturated carbocycles. The molecular weight excluding hydrogens is 1760 g/mol. The van der Waals surface area contributed by atoms with E-state index in [9.17, 15) is 0 Å². The molecule has 0 fully saturated rings. The molecule has 0 aliphatic heterocycles. The second-order valence-corrected chi connectivity index (χ2v) is 36.2. The van der Waals surface area contributed by atoms with Crippen molar-refractivity contribution in [3.05, 3.63) is 480 Å². The number of hydrogen-bond acceptors (Lipinski definition) is 11. The molecule has 0 radical (unpaired) electrons. The van der Waals surface area contributed by atoms with Gasteiger partial charge in [-0.15, -0.1) is 0 Å². The summed E-state index contributed by atoms with van der Waals surface area (Å²) in [5.41, 5.74) is 28.1. The lowest BCUT2D eigenvalue weighted by molar-refractivity contribution is 0.671. The number of furan rings is 3. The molecule has 0 atom stereocenters. The van der Waals surface area contributed by atoms with E-state index in [0.29, 0.717) is 23.3 Å². The highest BCUT2D eigenvalue weighted by Crippen LogP contribution is 2.51. The normalized spacial score (nSPS) is 11.8. The molecule has 11 aromatic heterocycles. The van der Waals surface area contributed by atoms with E-state index in [1.807, 2.05) is 152 Å². The third-order valence-corrected chi connectivity index (χ3v) is 27.9. The maximum Gasteiger partial charge on any atom is 0.164 e. The van der Waals surface area contributed by atoms with Gasteiger partial charge in [0.15, 0.2) is 40.0 Å². The molecule has 14 heteroatoms. The number of benzene rings is 19. The molecule has 14 nitrogen and oxygen atoms in total.